The molecule has 0 aromatic rings. The molecule has 0 aliphatic heterocycles. The lowest BCUT2D eigenvalue weighted by atomic mass is 10.1. The van der Waals surface area contributed by atoms with Crippen molar-refractivity contribution in [1.82, 2.24) is 0 Å². The van der Waals surface area contributed by atoms with Gasteiger partial charge in [-0.15, -0.1) is 0 Å². The molecular formula is C13H26O3. The maximum atomic E-state index is 4.74. The average Bonchev–Trinajstić information content (AvgIpc) is 2.31. The van der Waals surface area contributed by atoms with E-state index in [0.29, 0.717) is 6.61 Å². The molecule has 0 bridgehead atoms. The first-order valence-corrected chi connectivity index (χ1v) is 6.47. The predicted octanol–water partition coefficient (Wildman–Crippen LogP) is 4.54. The maximum absolute atomic E-state index is 4.74. The van der Waals surface area contributed by atoms with Crippen molar-refractivity contribution in [3.8, 4) is 0 Å². The van der Waals surface area contributed by atoms with Crippen LogP contribution in [0.15, 0.2) is 12.8 Å². The SMILES string of the molecule is C=COOOCCCCCCCCCCC. The van der Waals surface area contributed by atoms with E-state index in [-0.39, 0.29) is 0 Å². The van der Waals surface area contributed by atoms with E-state index >= 15 is 0 Å². The topological polar surface area (TPSA) is 27.7 Å². The van der Waals surface area contributed by atoms with Gasteiger partial charge in [0.1, 0.15) is 6.26 Å². The second-order valence-electron chi connectivity index (χ2n) is 3.98. The summed E-state index contributed by atoms with van der Waals surface area (Å²) < 4.78 is 0. The Morgan fingerprint density at radius 1 is 0.875 bits per heavy atom. The molecule has 0 aliphatic carbocycles. The zero-order chi connectivity index (χ0) is 11.9. The van der Waals surface area contributed by atoms with Crippen LogP contribution >= 0.6 is 0 Å². The molecule has 3 nitrogen and oxygen atoms in total. The van der Waals surface area contributed by atoms with Crippen molar-refractivity contribution in [3.05, 3.63) is 12.8 Å². The Labute approximate surface area is 99.6 Å². The fraction of sp³-hybridized carbons (Fsp3) is 0.846. The molecule has 0 saturated heterocycles. The minimum atomic E-state index is 0.587. The first-order valence-electron chi connectivity index (χ1n) is 6.47. The molecule has 0 spiro atoms. The lowest BCUT2D eigenvalue weighted by molar-refractivity contribution is -0.489. The van der Waals surface area contributed by atoms with Crippen LogP contribution in [-0.2, 0) is 14.8 Å². The zero-order valence-corrected chi connectivity index (χ0v) is 10.6. The van der Waals surface area contributed by atoms with Gasteiger partial charge < -0.3 is 4.89 Å². The van der Waals surface area contributed by atoms with E-state index in [1.54, 1.807) is 0 Å². The van der Waals surface area contributed by atoms with Gasteiger partial charge >= 0.3 is 0 Å². The monoisotopic (exact) mass is 230 g/mol. The molecule has 0 atom stereocenters. The third kappa shape index (κ3) is 13.5. The number of hydrogen-bond donors (Lipinski definition) is 0. The summed E-state index contributed by atoms with van der Waals surface area (Å²) in [5.74, 6) is 0. The molecule has 16 heavy (non-hydrogen) atoms. The van der Waals surface area contributed by atoms with E-state index in [1.807, 2.05) is 0 Å². The Hall–Kier alpha value is -0.540. The highest BCUT2D eigenvalue weighted by molar-refractivity contribution is 4.46. The fourth-order valence-electron chi connectivity index (χ4n) is 1.56. The van der Waals surface area contributed by atoms with Crippen molar-refractivity contribution in [1.29, 1.82) is 0 Å². The molecule has 96 valence electrons. The van der Waals surface area contributed by atoms with Crippen LogP contribution in [0.3, 0.4) is 0 Å². The highest BCUT2D eigenvalue weighted by atomic mass is 17.5. The molecule has 0 aromatic carbocycles. The molecule has 0 saturated carbocycles. The summed E-state index contributed by atoms with van der Waals surface area (Å²) in [6.45, 7) is 6.16. The molecule has 0 rings (SSSR count). The van der Waals surface area contributed by atoms with Crippen LogP contribution in [-0.4, -0.2) is 6.61 Å². The summed E-state index contributed by atoms with van der Waals surface area (Å²) >= 11 is 0. The Kier molecular flexibility index (Phi) is 14.0. The lowest BCUT2D eigenvalue weighted by Crippen LogP contribution is -1.95. The van der Waals surface area contributed by atoms with Gasteiger partial charge in [-0.25, -0.2) is 0 Å². The molecule has 0 N–H and O–H groups in total. The molecule has 0 heterocycles. The quantitative estimate of drug-likeness (QED) is 0.201. The second kappa shape index (κ2) is 14.5. The Bertz CT molecular complexity index is 137. The normalized spacial score (nSPS) is 10.3. The van der Waals surface area contributed by atoms with Crippen molar-refractivity contribution in [2.45, 2.75) is 64.7 Å². The maximum Gasteiger partial charge on any atom is 0.125 e. The standard InChI is InChI=1S/C13H26O3/c1-3-5-6-7-8-9-10-11-12-13-15-16-14-4-2/h4H,2-3,5-13H2,1H3. The molecule has 3 heteroatoms. The van der Waals surface area contributed by atoms with Crippen molar-refractivity contribution < 1.29 is 14.8 Å². The van der Waals surface area contributed by atoms with Gasteiger partial charge in [-0.05, 0) is 11.5 Å². The molecule has 0 amide bonds. The number of unbranched alkanes of at least 4 members (excludes halogenated alkanes) is 8. The van der Waals surface area contributed by atoms with Crippen LogP contribution in [0.2, 0.25) is 0 Å². The van der Waals surface area contributed by atoms with Gasteiger partial charge in [0, 0.05) is 0 Å². The van der Waals surface area contributed by atoms with Crippen LogP contribution in [0.1, 0.15) is 64.7 Å². The van der Waals surface area contributed by atoms with Gasteiger partial charge in [-0.1, -0.05) is 64.9 Å². The van der Waals surface area contributed by atoms with Crippen molar-refractivity contribution in [2.75, 3.05) is 6.61 Å². The van der Waals surface area contributed by atoms with Crippen LogP contribution in [0, 0.1) is 0 Å². The number of rotatable bonds is 13. The smallest absolute Gasteiger partial charge is 0.125 e. The minimum Gasteiger partial charge on any atom is -0.317 e. The minimum absolute atomic E-state index is 0.587. The molecule has 0 radical (unpaired) electrons. The van der Waals surface area contributed by atoms with Crippen LogP contribution in [0.25, 0.3) is 0 Å². The van der Waals surface area contributed by atoms with Crippen LogP contribution in [0.5, 0.6) is 0 Å². The van der Waals surface area contributed by atoms with Gasteiger partial charge in [-0.2, -0.15) is 4.89 Å². The van der Waals surface area contributed by atoms with Crippen LogP contribution in [0.4, 0.5) is 0 Å². The van der Waals surface area contributed by atoms with Gasteiger partial charge in [0.05, 0.1) is 6.61 Å². The van der Waals surface area contributed by atoms with Crippen LogP contribution < -0.4 is 0 Å². The molecule has 0 fully saturated rings. The molecule has 0 aliphatic rings. The summed E-state index contributed by atoms with van der Waals surface area (Å²) in [5.41, 5.74) is 0. The van der Waals surface area contributed by atoms with Crippen molar-refractivity contribution >= 4 is 0 Å². The van der Waals surface area contributed by atoms with Gasteiger partial charge in [0.2, 0.25) is 0 Å². The first kappa shape index (κ1) is 15.5. The summed E-state index contributed by atoms with van der Waals surface area (Å²) in [6.07, 6.45) is 12.9. The molecule has 0 aromatic heterocycles. The fourth-order valence-corrected chi connectivity index (χ4v) is 1.56. The Morgan fingerprint density at radius 2 is 1.44 bits per heavy atom. The van der Waals surface area contributed by atoms with Crippen molar-refractivity contribution in [3.63, 3.8) is 0 Å². The van der Waals surface area contributed by atoms with Gasteiger partial charge in [-0.3, -0.25) is 0 Å². The largest absolute Gasteiger partial charge is 0.317 e. The molecular weight excluding hydrogens is 204 g/mol. The highest BCUT2D eigenvalue weighted by Crippen LogP contribution is 2.09. The Morgan fingerprint density at radius 3 is 2.00 bits per heavy atom. The summed E-state index contributed by atoms with van der Waals surface area (Å²) in [4.78, 5) is 9.10. The average molecular weight is 230 g/mol. The summed E-state index contributed by atoms with van der Waals surface area (Å²) in [6, 6.07) is 0. The third-order valence-corrected chi connectivity index (χ3v) is 2.49. The third-order valence-electron chi connectivity index (χ3n) is 2.49. The van der Waals surface area contributed by atoms with E-state index in [1.165, 1.54) is 57.6 Å². The van der Waals surface area contributed by atoms with Crippen molar-refractivity contribution in [2.24, 2.45) is 0 Å². The second-order valence-corrected chi connectivity index (χ2v) is 3.98. The van der Waals surface area contributed by atoms with E-state index in [0.717, 1.165) is 6.42 Å². The Balaban J connectivity index is 2.85. The summed E-state index contributed by atoms with van der Waals surface area (Å²) in [7, 11) is 0. The van der Waals surface area contributed by atoms with Gasteiger partial charge in [0.25, 0.3) is 0 Å². The first-order chi connectivity index (χ1) is 7.91. The lowest BCUT2D eigenvalue weighted by Gasteiger charge is -2.02. The van der Waals surface area contributed by atoms with E-state index in [9.17, 15) is 0 Å². The van der Waals surface area contributed by atoms with Gasteiger partial charge in [0.15, 0.2) is 0 Å². The predicted molar refractivity (Wildman–Crippen MR) is 65.5 cm³/mol. The van der Waals surface area contributed by atoms with E-state index in [4.69, 9.17) is 4.89 Å². The highest BCUT2D eigenvalue weighted by Gasteiger charge is 1.93. The zero-order valence-electron chi connectivity index (χ0n) is 10.6. The van der Waals surface area contributed by atoms with E-state index in [2.05, 4.69) is 23.4 Å². The summed E-state index contributed by atoms with van der Waals surface area (Å²) in [5, 5.41) is 4.34. The van der Waals surface area contributed by atoms with E-state index < -0.39 is 0 Å². The number of hydrogen-bond acceptors (Lipinski definition) is 3. The molecule has 0 unspecified atom stereocenters.